The van der Waals surface area contributed by atoms with Gasteiger partial charge in [0.2, 0.25) is 0 Å². The van der Waals surface area contributed by atoms with Crippen molar-refractivity contribution >= 4 is 23.2 Å². The van der Waals surface area contributed by atoms with E-state index in [2.05, 4.69) is 0 Å². The molecule has 0 spiro atoms. The molecule has 104 valence electrons. The molecule has 0 heterocycles. The lowest BCUT2D eigenvalue weighted by Gasteiger charge is -2.29. The maximum Gasteiger partial charge on any atom is 0.255 e. The minimum absolute atomic E-state index is 0.208. The van der Waals surface area contributed by atoms with E-state index < -0.39 is 5.60 Å². The number of anilines is 1. The van der Waals surface area contributed by atoms with Crippen LogP contribution in [-0.4, -0.2) is 35.1 Å². The Morgan fingerprint density at radius 2 is 2.11 bits per heavy atom. The Hall–Kier alpha value is -1.26. The van der Waals surface area contributed by atoms with Gasteiger partial charge in [0.1, 0.15) is 0 Å². The van der Waals surface area contributed by atoms with Crippen LogP contribution in [0.4, 0.5) is 5.69 Å². The fourth-order valence-electron chi connectivity index (χ4n) is 2.62. The minimum atomic E-state index is -0.752. The number of hydrogen-bond donors (Lipinski definition) is 2. The first-order valence-corrected chi connectivity index (χ1v) is 6.82. The van der Waals surface area contributed by atoms with Crippen LogP contribution in [0.1, 0.15) is 36.0 Å². The van der Waals surface area contributed by atoms with Gasteiger partial charge in [-0.15, -0.1) is 0 Å². The molecule has 0 bridgehead atoms. The molecular formula is C14H19ClN2O2. The summed E-state index contributed by atoms with van der Waals surface area (Å²) in [6.45, 7) is 0.331. The molecule has 19 heavy (non-hydrogen) atoms. The highest BCUT2D eigenvalue weighted by Crippen LogP contribution is 2.30. The number of nitrogens with two attached hydrogens (primary N) is 1. The van der Waals surface area contributed by atoms with Gasteiger partial charge in [-0.05, 0) is 31.0 Å². The average Bonchev–Trinajstić information content (AvgIpc) is 2.78. The average molecular weight is 283 g/mol. The molecule has 1 aromatic rings. The normalized spacial score (nSPS) is 17.4. The lowest BCUT2D eigenvalue weighted by molar-refractivity contribution is 0.0157. The highest BCUT2D eigenvalue weighted by Gasteiger charge is 2.33. The van der Waals surface area contributed by atoms with Crippen molar-refractivity contribution < 1.29 is 9.90 Å². The number of rotatable bonds is 3. The molecule has 0 radical (unpaired) electrons. The Labute approximate surface area is 118 Å². The number of benzene rings is 1. The van der Waals surface area contributed by atoms with Crippen LogP contribution in [-0.2, 0) is 0 Å². The summed E-state index contributed by atoms with van der Waals surface area (Å²) in [5.74, 6) is -0.208. The van der Waals surface area contributed by atoms with Gasteiger partial charge in [0.05, 0.1) is 11.2 Å². The third kappa shape index (κ3) is 3.19. The van der Waals surface area contributed by atoms with Crippen LogP contribution in [0.3, 0.4) is 0 Å². The topological polar surface area (TPSA) is 66.6 Å². The smallest absolute Gasteiger partial charge is 0.255 e. The van der Waals surface area contributed by atoms with Crippen molar-refractivity contribution in [2.45, 2.75) is 31.3 Å². The second-order valence-corrected chi connectivity index (χ2v) is 5.76. The van der Waals surface area contributed by atoms with E-state index in [1.54, 1.807) is 25.2 Å². The van der Waals surface area contributed by atoms with Gasteiger partial charge in [-0.25, -0.2) is 0 Å². The van der Waals surface area contributed by atoms with Gasteiger partial charge in [0.25, 0.3) is 5.91 Å². The molecule has 1 saturated carbocycles. The Morgan fingerprint density at radius 3 is 2.74 bits per heavy atom. The predicted molar refractivity (Wildman–Crippen MR) is 76.2 cm³/mol. The number of nitrogens with zero attached hydrogens (tertiary/aromatic N) is 1. The van der Waals surface area contributed by atoms with Crippen molar-refractivity contribution in [2.24, 2.45) is 0 Å². The predicted octanol–water partition coefficient (Wildman–Crippen LogP) is 2.30. The summed E-state index contributed by atoms with van der Waals surface area (Å²) in [6.07, 6.45) is 3.51. The zero-order valence-electron chi connectivity index (χ0n) is 11.0. The fourth-order valence-corrected chi connectivity index (χ4v) is 2.80. The zero-order chi connectivity index (χ0) is 14.0. The molecule has 1 amide bonds. The molecule has 0 unspecified atom stereocenters. The van der Waals surface area contributed by atoms with Gasteiger partial charge < -0.3 is 15.7 Å². The van der Waals surface area contributed by atoms with E-state index in [9.17, 15) is 9.90 Å². The monoisotopic (exact) mass is 282 g/mol. The minimum Gasteiger partial charge on any atom is -0.398 e. The van der Waals surface area contributed by atoms with Crippen molar-refractivity contribution in [1.29, 1.82) is 0 Å². The van der Waals surface area contributed by atoms with Gasteiger partial charge in [-0.2, -0.15) is 0 Å². The summed E-state index contributed by atoms with van der Waals surface area (Å²) in [4.78, 5) is 13.8. The largest absolute Gasteiger partial charge is 0.398 e. The molecule has 1 aromatic carbocycles. The lowest BCUT2D eigenvalue weighted by atomic mass is 10.0. The van der Waals surface area contributed by atoms with Crippen molar-refractivity contribution in [3.05, 3.63) is 28.8 Å². The van der Waals surface area contributed by atoms with Gasteiger partial charge in [0, 0.05) is 24.3 Å². The Kier molecular flexibility index (Phi) is 4.02. The fraction of sp³-hybridized carbons (Fsp3) is 0.500. The van der Waals surface area contributed by atoms with E-state index >= 15 is 0 Å². The van der Waals surface area contributed by atoms with Crippen LogP contribution in [0.15, 0.2) is 18.2 Å². The molecule has 1 fully saturated rings. The van der Waals surface area contributed by atoms with Crippen molar-refractivity contribution in [3.8, 4) is 0 Å². The van der Waals surface area contributed by atoms with Crippen LogP contribution in [0.25, 0.3) is 0 Å². The van der Waals surface area contributed by atoms with Crippen LogP contribution in [0, 0.1) is 0 Å². The quantitative estimate of drug-likeness (QED) is 0.836. The Balaban J connectivity index is 2.12. The van der Waals surface area contributed by atoms with Crippen LogP contribution >= 0.6 is 11.6 Å². The third-order valence-corrected chi connectivity index (χ3v) is 3.89. The standard InChI is InChI=1S/C14H19ClN2O2/c1-17(9-14(19)6-2-3-7-14)13(18)11-8-10(15)4-5-12(11)16/h4-5,8,19H,2-3,6-7,9,16H2,1H3. The number of likely N-dealkylation sites (N-methyl/N-ethyl adjacent to an activating group) is 1. The lowest BCUT2D eigenvalue weighted by Crippen LogP contribution is -2.42. The molecule has 5 heteroatoms. The third-order valence-electron chi connectivity index (χ3n) is 3.66. The second-order valence-electron chi connectivity index (χ2n) is 5.32. The maximum absolute atomic E-state index is 12.3. The van der Waals surface area contributed by atoms with Gasteiger partial charge >= 0.3 is 0 Å². The van der Waals surface area contributed by atoms with Crippen LogP contribution in [0.5, 0.6) is 0 Å². The first-order chi connectivity index (χ1) is 8.91. The number of halogens is 1. The van der Waals surface area contributed by atoms with E-state index in [1.165, 1.54) is 4.90 Å². The summed E-state index contributed by atoms with van der Waals surface area (Å²) in [7, 11) is 1.68. The molecule has 1 aliphatic rings. The molecule has 1 aliphatic carbocycles. The number of carbonyl (C=O) groups is 1. The van der Waals surface area contributed by atoms with E-state index in [0.29, 0.717) is 22.8 Å². The summed E-state index contributed by atoms with van der Waals surface area (Å²) in [5.41, 5.74) is 5.84. The number of nitrogen functional groups attached to an aromatic ring is 1. The Bertz CT molecular complexity index is 484. The molecule has 2 rings (SSSR count). The first kappa shape index (κ1) is 14.2. The van der Waals surface area contributed by atoms with Gasteiger partial charge in [0.15, 0.2) is 0 Å². The molecule has 0 aliphatic heterocycles. The molecule has 4 nitrogen and oxygen atoms in total. The molecular weight excluding hydrogens is 264 g/mol. The second kappa shape index (κ2) is 5.39. The van der Waals surface area contributed by atoms with Crippen LogP contribution in [0.2, 0.25) is 5.02 Å². The molecule has 0 aromatic heterocycles. The molecule has 0 atom stereocenters. The number of aliphatic hydroxyl groups is 1. The zero-order valence-corrected chi connectivity index (χ0v) is 11.8. The number of carbonyl (C=O) groups excluding carboxylic acids is 1. The van der Waals surface area contributed by atoms with Gasteiger partial charge in [-0.3, -0.25) is 4.79 Å². The Morgan fingerprint density at radius 1 is 1.47 bits per heavy atom. The van der Waals surface area contributed by atoms with Crippen molar-refractivity contribution in [3.63, 3.8) is 0 Å². The highest BCUT2D eigenvalue weighted by atomic mass is 35.5. The van der Waals surface area contributed by atoms with E-state index in [-0.39, 0.29) is 5.91 Å². The van der Waals surface area contributed by atoms with Gasteiger partial charge in [-0.1, -0.05) is 24.4 Å². The summed E-state index contributed by atoms with van der Waals surface area (Å²) >= 11 is 5.89. The number of amides is 1. The van der Waals surface area contributed by atoms with E-state index in [0.717, 1.165) is 25.7 Å². The summed E-state index contributed by atoms with van der Waals surface area (Å²) in [6, 6.07) is 4.83. The van der Waals surface area contributed by atoms with Crippen LogP contribution < -0.4 is 5.73 Å². The molecule has 0 saturated heterocycles. The SMILES string of the molecule is CN(CC1(O)CCCC1)C(=O)c1cc(Cl)ccc1N. The van der Waals surface area contributed by atoms with E-state index in [4.69, 9.17) is 17.3 Å². The van der Waals surface area contributed by atoms with Crippen molar-refractivity contribution in [1.82, 2.24) is 4.90 Å². The highest BCUT2D eigenvalue weighted by molar-refractivity contribution is 6.31. The molecule has 3 N–H and O–H groups in total. The number of hydrogen-bond acceptors (Lipinski definition) is 3. The van der Waals surface area contributed by atoms with E-state index in [1.807, 2.05) is 0 Å². The maximum atomic E-state index is 12.3. The summed E-state index contributed by atoms with van der Waals surface area (Å²) in [5, 5.41) is 10.8. The summed E-state index contributed by atoms with van der Waals surface area (Å²) < 4.78 is 0. The first-order valence-electron chi connectivity index (χ1n) is 6.44. The van der Waals surface area contributed by atoms with Crippen molar-refractivity contribution in [2.75, 3.05) is 19.3 Å².